The molecule has 0 aliphatic carbocycles. The number of carboxylic acids is 1. The fourth-order valence-corrected chi connectivity index (χ4v) is 6.29. The summed E-state index contributed by atoms with van der Waals surface area (Å²) >= 11 is 16.5. The number of hydrogen-bond acceptors (Lipinski definition) is 12. The van der Waals surface area contributed by atoms with E-state index >= 15 is 0 Å². The van der Waals surface area contributed by atoms with E-state index in [2.05, 4.69) is 27.2 Å². The molecule has 0 aromatic heterocycles. The molecule has 0 aliphatic heterocycles. The van der Waals surface area contributed by atoms with Crippen LogP contribution in [0.3, 0.4) is 0 Å². The third-order valence-electron chi connectivity index (χ3n) is 8.95. The average molecular weight is 1000 g/mol. The van der Waals surface area contributed by atoms with Crippen LogP contribution in [-0.2, 0) is 55.8 Å². The Balaban J connectivity index is 0.000000544. The molecular weight excluding hydrogens is 951 g/mol. The maximum atomic E-state index is 14.0. The monoisotopic (exact) mass is 1000 g/mol. The normalized spacial score (nSPS) is 11.8. The molecule has 0 amide bonds. The van der Waals surface area contributed by atoms with Crippen molar-refractivity contribution in [1.82, 2.24) is 0 Å². The van der Waals surface area contributed by atoms with Gasteiger partial charge in [-0.05, 0) is 141 Å². The van der Waals surface area contributed by atoms with Gasteiger partial charge in [-0.15, -0.1) is 6.42 Å². The molecule has 13 nitrogen and oxygen atoms in total. The number of carboxylic acid groups (broad SMARTS) is 1. The highest BCUT2D eigenvalue weighted by Crippen LogP contribution is 2.29. The van der Waals surface area contributed by atoms with Gasteiger partial charge in [0.25, 0.3) is 0 Å². The van der Waals surface area contributed by atoms with Crippen LogP contribution in [0.4, 0.5) is 8.78 Å². The Morgan fingerprint density at radius 3 is 1.53 bits per heavy atom. The molecule has 4 atom stereocenters. The Morgan fingerprint density at radius 2 is 1.15 bits per heavy atom. The van der Waals surface area contributed by atoms with Gasteiger partial charge in [-0.3, -0.25) is 9.59 Å². The van der Waals surface area contributed by atoms with Gasteiger partial charge in [0, 0.05) is 33.6 Å². The minimum absolute atomic E-state index is 0.0501. The highest BCUT2D eigenvalue weighted by molar-refractivity contribution is 6.80. The van der Waals surface area contributed by atoms with Crippen molar-refractivity contribution in [2.24, 2.45) is 11.7 Å². The van der Waals surface area contributed by atoms with E-state index in [0.29, 0.717) is 38.7 Å². The largest absolute Gasteiger partial charge is 0.479 e. The number of halogens is 5. The number of aliphatic hydroxyl groups is 2. The van der Waals surface area contributed by atoms with Crippen LogP contribution in [0.1, 0.15) is 58.1 Å². The number of Topliss-reactive ketones (excluding diaryl/α,β-unsaturated/α-hetero) is 1. The number of aliphatic hydroxyl groups excluding tert-OH is 2. The van der Waals surface area contributed by atoms with Crippen LogP contribution in [0.25, 0.3) is 22.3 Å². The zero-order chi connectivity index (χ0) is 51.3. The predicted molar refractivity (Wildman–Crippen MR) is 254 cm³/mol. The first kappa shape index (κ1) is 59.8. The first-order valence-corrected chi connectivity index (χ1v) is 21.9. The van der Waals surface area contributed by atoms with E-state index in [9.17, 15) is 47.8 Å². The molecule has 364 valence electrons. The minimum atomic E-state index is -1.66. The fraction of sp³-hybridized carbons (Fsp3) is 0.320. The lowest BCUT2D eigenvalue weighted by Crippen LogP contribution is -2.33. The number of carbonyl (C=O) groups is 6. The zero-order valence-corrected chi connectivity index (χ0v) is 39.9. The maximum Gasteiger partial charge on any atom is 0.391 e. The number of benzene rings is 4. The standard InChI is InChI=1S/C22H22ClFO6.C19H21ClFNO3.C5H4.C4H5ClO3/c1-2-30-22(29)20(26)11-14(10-19(25)21(27)28)9-13-3-5-15(6-4-13)17-12-16(23)7-8-18(17)24;1-2-25-19(24)18(23)11-15(22)9-12-3-5-13(6-4-12)16-10-14(20)7-8-17(16)21;1-3-5-4-2;1-2-8-4(7)3(5)6/h3-8,12,14,19,25H,2,9-11H2,1H3,(H,27,28);3-8,10,15,18,23H,2,9,11,22H2,1H3;1H,2H3;2H2,1H3/t14-,19-;15-,18-;;/m11../s1. The first-order valence-electron chi connectivity index (χ1n) is 20.7. The summed E-state index contributed by atoms with van der Waals surface area (Å²) < 4.78 is 41.6. The number of terminal acetylenes is 1. The summed E-state index contributed by atoms with van der Waals surface area (Å²) in [5.41, 5.74) is 9.73. The lowest BCUT2D eigenvalue weighted by Gasteiger charge is -2.18. The average Bonchev–Trinajstić information content (AvgIpc) is 3.29. The minimum Gasteiger partial charge on any atom is -0.479 e. The maximum absolute atomic E-state index is 14.0. The lowest BCUT2D eigenvalue weighted by atomic mass is 9.88. The van der Waals surface area contributed by atoms with Gasteiger partial charge in [-0.25, -0.2) is 28.0 Å². The number of ether oxygens (including phenoxy) is 3. The van der Waals surface area contributed by atoms with Crippen LogP contribution in [0.15, 0.2) is 84.9 Å². The summed E-state index contributed by atoms with van der Waals surface area (Å²) in [6, 6.07) is 22.3. The molecule has 0 saturated carbocycles. The summed E-state index contributed by atoms with van der Waals surface area (Å²) in [6.07, 6.45) is 2.21. The Bertz CT molecular complexity index is 2400. The van der Waals surface area contributed by atoms with E-state index in [4.69, 9.17) is 56.8 Å². The van der Waals surface area contributed by atoms with E-state index in [1.54, 1.807) is 70.2 Å². The second-order valence-corrected chi connectivity index (χ2v) is 15.3. The van der Waals surface area contributed by atoms with Gasteiger partial charge in [0.05, 0.1) is 19.8 Å². The van der Waals surface area contributed by atoms with Crippen molar-refractivity contribution in [2.45, 2.75) is 78.0 Å². The number of rotatable bonds is 19. The molecule has 4 aromatic rings. The topological polar surface area (TPSA) is 217 Å². The number of esters is 3. The van der Waals surface area contributed by atoms with Crippen LogP contribution < -0.4 is 5.73 Å². The first-order chi connectivity index (χ1) is 32.2. The smallest absolute Gasteiger partial charge is 0.391 e. The van der Waals surface area contributed by atoms with Crippen LogP contribution in [0.5, 0.6) is 0 Å². The molecule has 0 unspecified atom stereocenters. The third kappa shape index (κ3) is 23.0. The number of ketones is 1. The SMILES string of the molecule is C#CC#CC.CCOC(=O)C(=O)C[C@H](Cc1ccc(-c2cc(Cl)ccc2F)cc1)C[C@@H](O)C(=O)O.CCOC(=O)C(=O)Cl.CCOC(=O)[C@H](O)C[C@H](N)Cc1ccc(-c2cc(Cl)ccc2F)cc1. The van der Waals surface area contributed by atoms with E-state index in [1.165, 1.54) is 30.3 Å². The fourth-order valence-electron chi connectivity index (χ4n) is 5.89. The van der Waals surface area contributed by atoms with Gasteiger partial charge in [0.15, 0.2) is 12.2 Å². The molecule has 4 rings (SSSR count). The molecule has 0 radical (unpaired) electrons. The second kappa shape index (κ2) is 32.5. The molecule has 4 aromatic carbocycles. The molecule has 0 aliphatic rings. The molecule has 68 heavy (non-hydrogen) atoms. The molecule has 0 saturated heterocycles. The van der Waals surface area contributed by atoms with Crippen molar-refractivity contribution in [3.8, 4) is 46.4 Å². The van der Waals surface area contributed by atoms with Crippen molar-refractivity contribution in [1.29, 1.82) is 0 Å². The molecule has 0 bridgehead atoms. The quantitative estimate of drug-likeness (QED) is 0.0231. The van der Waals surface area contributed by atoms with E-state index in [1.807, 2.05) is 12.1 Å². The molecule has 18 heteroatoms. The summed E-state index contributed by atoms with van der Waals surface area (Å²) in [5, 5.41) is 28.2. The highest BCUT2D eigenvalue weighted by Gasteiger charge is 2.26. The Hall–Kier alpha value is -6.17. The van der Waals surface area contributed by atoms with Gasteiger partial charge < -0.3 is 35.3 Å². The van der Waals surface area contributed by atoms with Crippen LogP contribution >= 0.6 is 34.8 Å². The Labute approximate surface area is 408 Å². The number of nitrogens with two attached hydrogens (primary N) is 1. The van der Waals surface area contributed by atoms with Gasteiger partial charge in [0.1, 0.15) is 11.6 Å². The van der Waals surface area contributed by atoms with Crippen molar-refractivity contribution in [2.75, 3.05) is 19.8 Å². The second-order valence-electron chi connectivity index (χ2n) is 14.1. The highest BCUT2D eigenvalue weighted by atomic mass is 35.5. The number of carbonyl (C=O) groups excluding carboxylic acids is 5. The third-order valence-corrected chi connectivity index (χ3v) is 9.57. The van der Waals surface area contributed by atoms with Crippen molar-refractivity contribution in [3.63, 3.8) is 0 Å². The summed E-state index contributed by atoms with van der Waals surface area (Å²) in [5.74, 6) is 0.890. The predicted octanol–water partition coefficient (Wildman–Crippen LogP) is 7.95. The van der Waals surface area contributed by atoms with Crippen molar-refractivity contribution in [3.05, 3.63) is 118 Å². The molecule has 0 fully saturated rings. The van der Waals surface area contributed by atoms with E-state index in [0.717, 1.165) is 11.1 Å². The Morgan fingerprint density at radius 1 is 0.691 bits per heavy atom. The number of hydrogen-bond donors (Lipinski definition) is 4. The summed E-state index contributed by atoms with van der Waals surface area (Å²) in [6.45, 7) is 6.99. The van der Waals surface area contributed by atoms with E-state index < -0.39 is 64.9 Å². The summed E-state index contributed by atoms with van der Waals surface area (Å²) in [4.78, 5) is 65.9. The molecular formula is C50H52Cl3F2NO12. The van der Waals surface area contributed by atoms with Gasteiger partial charge in [0.2, 0.25) is 5.78 Å². The van der Waals surface area contributed by atoms with Crippen molar-refractivity contribution >= 4 is 69.7 Å². The zero-order valence-electron chi connectivity index (χ0n) is 37.6. The lowest BCUT2D eigenvalue weighted by molar-refractivity contribution is -0.154. The molecule has 0 heterocycles. The van der Waals surface area contributed by atoms with Crippen molar-refractivity contribution < 1.29 is 67.1 Å². The van der Waals surface area contributed by atoms with Crippen LogP contribution in [0.2, 0.25) is 10.0 Å². The van der Waals surface area contributed by atoms with E-state index in [-0.39, 0.29) is 51.3 Å². The molecule has 5 N–H and O–H groups in total. The Kier molecular flexibility index (Phi) is 28.6. The van der Waals surface area contributed by atoms with Gasteiger partial charge in [-0.2, -0.15) is 0 Å². The van der Waals surface area contributed by atoms with Gasteiger partial charge >= 0.3 is 29.1 Å². The van der Waals surface area contributed by atoms with Crippen LogP contribution in [-0.4, -0.2) is 88.3 Å². The molecule has 0 spiro atoms. The summed E-state index contributed by atoms with van der Waals surface area (Å²) in [7, 11) is 0. The number of aliphatic carboxylic acids is 1. The van der Waals surface area contributed by atoms with Crippen LogP contribution in [0, 0.1) is 41.7 Å². The van der Waals surface area contributed by atoms with Gasteiger partial charge in [-0.1, -0.05) is 77.7 Å².